The molecule has 7 atom stereocenters. The van der Waals surface area contributed by atoms with Gasteiger partial charge >= 0.3 is 0 Å². The third kappa shape index (κ3) is 8.08. The molecule has 1 saturated carbocycles. The highest BCUT2D eigenvalue weighted by molar-refractivity contribution is 6.07. The van der Waals surface area contributed by atoms with Gasteiger partial charge in [-0.15, -0.1) is 0 Å². The van der Waals surface area contributed by atoms with Gasteiger partial charge in [-0.2, -0.15) is 0 Å². The van der Waals surface area contributed by atoms with Crippen molar-refractivity contribution in [1.82, 2.24) is 9.80 Å². The Bertz CT molecular complexity index is 1210. The number of likely N-dealkylation sites (tertiary alicyclic amines) is 2. The van der Waals surface area contributed by atoms with E-state index in [0.717, 1.165) is 38.0 Å². The summed E-state index contributed by atoms with van der Waals surface area (Å²) in [7, 11) is 0. The van der Waals surface area contributed by atoms with E-state index in [2.05, 4.69) is 72.3 Å². The summed E-state index contributed by atoms with van der Waals surface area (Å²) < 4.78 is 0. The summed E-state index contributed by atoms with van der Waals surface area (Å²) in [6.07, 6.45) is 13.4. The molecule has 0 aromatic heterocycles. The van der Waals surface area contributed by atoms with Crippen LogP contribution >= 0.6 is 0 Å². The predicted molar refractivity (Wildman–Crippen MR) is 186 cm³/mol. The minimum atomic E-state index is -0.528. The molecule has 2 heterocycles. The van der Waals surface area contributed by atoms with Gasteiger partial charge in [0.1, 0.15) is 11.6 Å². The number of benzene rings is 2. The van der Waals surface area contributed by atoms with Gasteiger partial charge in [0.15, 0.2) is 0 Å². The molecule has 2 saturated heterocycles. The van der Waals surface area contributed by atoms with E-state index in [-0.39, 0.29) is 35.5 Å². The second-order valence-electron chi connectivity index (χ2n) is 14.4. The molecule has 1 N–H and O–H groups in total. The molecule has 0 spiro atoms. The highest BCUT2D eigenvalue weighted by atomic mass is 16.2. The van der Waals surface area contributed by atoms with Crippen molar-refractivity contribution in [3.8, 4) is 0 Å². The molecule has 45 heavy (non-hydrogen) atoms. The Morgan fingerprint density at radius 3 is 2.31 bits per heavy atom. The maximum atomic E-state index is 14.0. The number of Topliss-reactive ketones (excluding diaryl/α,β-unsaturated/α-hetero) is 2. The lowest BCUT2D eigenvalue weighted by atomic mass is 9.59. The smallest absolute Gasteiger partial charge is 0.149 e. The molecule has 0 bridgehead atoms. The molecule has 2 aromatic carbocycles. The maximum Gasteiger partial charge on any atom is 0.149 e. The number of anilines is 1. The monoisotopic (exact) mass is 613 g/mol. The number of nitrogens with zero attached hydrogens (tertiary/aromatic N) is 2. The van der Waals surface area contributed by atoms with Crippen LogP contribution < -0.4 is 5.32 Å². The van der Waals surface area contributed by atoms with E-state index in [0.29, 0.717) is 12.0 Å². The van der Waals surface area contributed by atoms with Crippen molar-refractivity contribution in [1.29, 1.82) is 0 Å². The number of para-hydroxylation sites is 1. The van der Waals surface area contributed by atoms with Gasteiger partial charge in [-0.3, -0.25) is 19.4 Å². The predicted octanol–water partition coefficient (Wildman–Crippen LogP) is 8.90. The van der Waals surface area contributed by atoms with Crippen LogP contribution in [0.2, 0.25) is 0 Å². The zero-order valence-corrected chi connectivity index (χ0v) is 28.6. The Labute approximate surface area is 273 Å². The van der Waals surface area contributed by atoms with E-state index < -0.39 is 5.92 Å². The molecule has 2 aromatic rings. The van der Waals surface area contributed by atoms with Gasteiger partial charge in [-0.05, 0) is 80.8 Å². The van der Waals surface area contributed by atoms with Crippen molar-refractivity contribution in [2.45, 2.75) is 117 Å². The molecule has 3 aliphatic rings. The zero-order chi connectivity index (χ0) is 31.8. The van der Waals surface area contributed by atoms with E-state index in [4.69, 9.17) is 0 Å². The molecule has 0 amide bonds. The quantitative estimate of drug-likeness (QED) is 0.170. The number of carbonyl (C=O) groups excluding carboxylic acids is 2. The first kappa shape index (κ1) is 33.9. The second kappa shape index (κ2) is 16.4. The summed E-state index contributed by atoms with van der Waals surface area (Å²) in [5.41, 5.74) is 3.78. The fourth-order valence-electron chi connectivity index (χ4n) is 8.83. The van der Waals surface area contributed by atoms with Gasteiger partial charge < -0.3 is 5.32 Å². The molecule has 7 unspecified atom stereocenters. The van der Waals surface area contributed by atoms with Gasteiger partial charge in [0.25, 0.3) is 0 Å². The van der Waals surface area contributed by atoms with Crippen LogP contribution in [0, 0.1) is 29.6 Å². The number of carbonyl (C=O) groups is 2. The molecular formula is C40H59N3O2. The number of unbranched alkanes of at least 4 members (excludes halogenated alkanes) is 4. The van der Waals surface area contributed by atoms with E-state index in [1.165, 1.54) is 75.6 Å². The van der Waals surface area contributed by atoms with Crippen LogP contribution in [0.25, 0.3) is 0 Å². The fraction of sp³-hybridized carbons (Fsp3) is 0.650. The van der Waals surface area contributed by atoms with E-state index in [1.54, 1.807) is 0 Å². The van der Waals surface area contributed by atoms with Crippen molar-refractivity contribution in [3.05, 3.63) is 65.7 Å². The van der Waals surface area contributed by atoms with Crippen LogP contribution in [0.3, 0.4) is 0 Å². The summed E-state index contributed by atoms with van der Waals surface area (Å²) in [6, 6.07) is 20.2. The van der Waals surface area contributed by atoms with Crippen LogP contribution in [0.1, 0.15) is 115 Å². The van der Waals surface area contributed by atoms with Crippen molar-refractivity contribution < 1.29 is 9.59 Å². The van der Waals surface area contributed by atoms with E-state index in [1.807, 2.05) is 25.1 Å². The Morgan fingerprint density at radius 1 is 0.822 bits per heavy atom. The standard InChI is InChI=1S/C40H59N3O2/c1-5-7-8-9-14-25-42-26-15-13-19-35(42)32-22-20-31(21-23-32)28-43-27-24-34-36(29(3)16-6-2)38(44)30(4)39(45)37(34)40(43)41-33-17-11-10-12-18-33/h10-12,17-18,20-23,29-30,34-37,40-41H,5-9,13-16,19,24-28H2,1-4H3. The van der Waals surface area contributed by atoms with Crippen molar-refractivity contribution in [3.63, 3.8) is 0 Å². The number of ketones is 2. The first-order valence-corrected chi connectivity index (χ1v) is 18.4. The summed E-state index contributed by atoms with van der Waals surface area (Å²) in [6.45, 7) is 12.7. The number of hydrogen-bond acceptors (Lipinski definition) is 5. The average Bonchev–Trinajstić information content (AvgIpc) is 3.06. The minimum absolute atomic E-state index is 0.0331. The number of rotatable bonds is 14. The topological polar surface area (TPSA) is 52.7 Å². The van der Waals surface area contributed by atoms with E-state index in [9.17, 15) is 9.59 Å². The van der Waals surface area contributed by atoms with Crippen molar-refractivity contribution in [2.24, 2.45) is 29.6 Å². The third-order valence-electron chi connectivity index (χ3n) is 11.3. The highest BCUT2D eigenvalue weighted by Crippen LogP contribution is 2.46. The molecule has 246 valence electrons. The van der Waals surface area contributed by atoms with Crippen molar-refractivity contribution in [2.75, 3.05) is 25.0 Å². The first-order chi connectivity index (χ1) is 21.9. The normalized spacial score (nSPS) is 28.5. The highest BCUT2D eigenvalue weighted by Gasteiger charge is 2.54. The van der Waals surface area contributed by atoms with Crippen LogP contribution in [-0.4, -0.2) is 47.2 Å². The Balaban J connectivity index is 1.33. The second-order valence-corrected chi connectivity index (χ2v) is 14.4. The number of nitrogens with one attached hydrogen (secondary N) is 1. The molecule has 3 fully saturated rings. The average molecular weight is 614 g/mol. The molecule has 1 aliphatic carbocycles. The number of hydrogen-bond donors (Lipinski definition) is 1. The van der Waals surface area contributed by atoms with Gasteiger partial charge in [-0.1, -0.05) is 108 Å². The first-order valence-electron chi connectivity index (χ1n) is 18.4. The summed E-state index contributed by atoms with van der Waals surface area (Å²) >= 11 is 0. The molecule has 5 heteroatoms. The molecular weight excluding hydrogens is 554 g/mol. The van der Waals surface area contributed by atoms with Crippen LogP contribution in [-0.2, 0) is 16.1 Å². The molecule has 0 radical (unpaired) electrons. The van der Waals surface area contributed by atoms with Crippen molar-refractivity contribution >= 4 is 17.3 Å². The van der Waals surface area contributed by atoms with Gasteiger partial charge in [-0.25, -0.2) is 0 Å². The van der Waals surface area contributed by atoms with Gasteiger partial charge in [0.05, 0.1) is 18.0 Å². The lowest BCUT2D eigenvalue weighted by Crippen LogP contribution is -2.62. The number of piperidine rings is 2. The lowest BCUT2D eigenvalue weighted by Gasteiger charge is -2.51. The molecule has 5 rings (SSSR count). The Hall–Kier alpha value is -2.50. The number of fused-ring (bicyclic) bond motifs is 1. The minimum Gasteiger partial charge on any atom is -0.369 e. The van der Waals surface area contributed by atoms with Gasteiger partial charge in [0.2, 0.25) is 0 Å². The van der Waals surface area contributed by atoms with Crippen LogP contribution in [0.5, 0.6) is 0 Å². The lowest BCUT2D eigenvalue weighted by molar-refractivity contribution is -0.153. The summed E-state index contributed by atoms with van der Waals surface area (Å²) in [5, 5.41) is 3.80. The van der Waals surface area contributed by atoms with E-state index >= 15 is 0 Å². The third-order valence-corrected chi connectivity index (χ3v) is 11.3. The fourth-order valence-corrected chi connectivity index (χ4v) is 8.83. The Kier molecular flexibility index (Phi) is 12.3. The Morgan fingerprint density at radius 2 is 1.58 bits per heavy atom. The van der Waals surface area contributed by atoms with Crippen LogP contribution in [0.4, 0.5) is 5.69 Å². The molecule has 2 aliphatic heterocycles. The molecule has 5 nitrogen and oxygen atoms in total. The zero-order valence-electron chi connectivity index (χ0n) is 28.6. The van der Waals surface area contributed by atoms with Crippen LogP contribution in [0.15, 0.2) is 54.6 Å². The summed E-state index contributed by atoms with van der Waals surface area (Å²) in [4.78, 5) is 32.8. The maximum absolute atomic E-state index is 14.0. The largest absolute Gasteiger partial charge is 0.369 e. The van der Waals surface area contributed by atoms with Gasteiger partial charge in [0, 0.05) is 30.7 Å². The summed E-state index contributed by atoms with van der Waals surface area (Å²) in [5.74, 6) is -0.0370. The SMILES string of the molecule is CCCCCCCN1CCCCC1c1ccc(CN2CCC3C(C(C)CCC)C(=O)C(C)C(=O)C3C2Nc2ccccc2)cc1.